The quantitative estimate of drug-likeness (QED) is 0.605. The van der Waals surface area contributed by atoms with Crippen molar-refractivity contribution in [3.63, 3.8) is 0 Å². The molecule has 0 saturated heterocycles. The Bertz CT molecular complexity index is 504. The lowest BCUT2D eigenvalue weighted by molar-refractivity contribution is 0.0600. The molecule has 1 atom stereocenters. The van der Waals surface area contributed by atoms with E-state index >= 15 is 0 Å². The third-order valence-electron chi connectivity index (χ3n) is 2.37. The number of carbonyl (C=O) groups excluding carboxylic acids is 1. The summed E-state index contributed by atoms with van der Waals surface area (Å²) in [5.41, 5.74) is 1.12. The summed E-state index contributed by atoms with van der Waals surface area (Å²) < 4.78 is 31.7. The molecule has 0 bridgehead atoms. The highest BCUT2D eigenvalue weighted by atomic mass is 32.2. The average molecular weight is 272 g/mol. The molecule has 0 fully saturated rings. The standard InChI is InChI=1S/C12H16O5S/c1-4-11(17-18(3,14)15)9-5-7-10(8-6-9)12(13)16-2/h5-8,11H,4H2,1-3H3. The SMILES string of the molecule is CCC(OS(C)(=O)=O)c1ccc(C(=O)OC)cc1. The van der Waals surface area contributed by atoms with Crippen molar-refractivity contribution < 1.29 is 22.1 Å². The van der Waals surface area contributed by atoms with Crippen molar-refractivity contribution in [1.29, 1.82) is 0 Å². The molecule has 0 spiro atoms. The molecule has 1 aromatic rings. The molecule has 18 heavy (non-hydrogen) atoms. The zero-order valence-electron chi connectivity index (χ0n) is 10.5. The minimum atomic E-state index is -3.51. The van der Waals surface area contributed by atoms with Crippen LogP contribution in [0, 0.1) is 0 Å². The van der Waals surface area contributed by atoms with Crippen LogP contribution in [0.2, 0.25) is 0 Å². The Morgan fingerprint density at radius 1 is 1.28 bits per heavy atom. The van der Waals surface area contributed by atoms with E-state index in [0.717, 1.165) is 6.26 Å². The van der Waals surface area contributed by atoms with Crippen molar-refractivity contribution >= 4 is 16.1 Å². The number of esters is 1. The molecule has 0 aliphatic carbocycles. The Balaban J connectivity index is 2.92. The second kappa shape index (κ2) is 5.97. The van der Waals surface area contributed by atoms with Gasteiger partial charge in [0.1, 0.15) is 6.10 Å². The molecule has 1 aromatic carbocycles. The molecular formula is C12H16O5S. The lowest BCUT2D eigenvalue weighted by atomic mass is 10.1. The second-order valence-corrected chi connectivity index (χ2v) is 5.41. The van der Waals surface area contributed by atoms with Crippen LogP contribution in [0.3, 0.4) is 0 Å². The van der Waals surface area contributed by atoms with E-state index in [2.05, 4.69) is 4.74 Å². The van der Waals surface area contributed by atoms with E-state index in [0.29, 0.717) is 17.5 Å². The van der Waals surface area contributed by atoms with Crippen LogP contribution in [0.4, 0.5) is 0 Å². The lowest BCUT2D eigenvalue weighted by Gasteiger charge is -2.14. The third kappa shape index (κ3) is 4.12. The van der Waals surface area contributed by atoms with Crippen LogP contribution in [0.1, 0.15) is 35.4 Å². The van der Waals surface area contributed by atoms with Gasteiger partial charge in [-0.05, 0) is 24.1 Å². The summed E-state index contributed by atoms with van der Waals surface area (Å²) in [5.74, 6) is -0.432. The van der Waals surface area contributed by atoms with Crippen molar-refractivity contribution in [2.24, 2.45) is 0 Å². The Labute approximate surface area is 107 Å². The summed E-state index contributed by atoms with van der Waals surface area (Å²) in [6.07, 6.45) is 0.995. The first kappa shape index (κ1) is 14.7. The van der Waals surface area contributed by atoms with Gasteiger partial charge in [0.05, 0.1) is 18.9 Å². The van der Waals surface area contributed by atoms with Crippen LogP contribution in [0.5, 0.6) is 0 Å². The largest absolute Gasteiger partial charge is 0.465 e. The highest BCUT2D eigenvalue weighted by Crippen LogP contribution is 2.23. The van der Waals surface area contributed by atoms with Crippen molar-refractivity contribution in [3.05, 3.63) is 35.4 Å². The lowest BCUT2D eigenvalue weighted by Crippen LogP contribution is -2.10. The molecule has 0 aromatic heterocycles. The van der Waals surface area contributed by atoms with E-state index in [1.54, 1.807) is 24.3 Å². The van der Waals surface area contributed by atoms with E-state index < -0.39 is 22.2 Å². The monoisotopic (exact) mass is 272 g/mol. The predicted octanol–water partition coefficient (Wildman–Crippen LogP) is 1.90. The Hall–Kier alpha value is -1.40. The molecule has 0 aliphatic rings. The first-order valence-electron chi connectivity index (χ1n) is 5.44. The molecule has 0 N–H and O–H groups in total. The molecular weight excluding hydrogens is 256 g/mol. The highest BCUT2D eigenvalue weighted by molar-refractivity contribution is 7.86. The molecule has 1 rings (SSSR count). The number of benzene rings is 1. The van der Waals surface area contributed by atoms with E-state index in [9.17, 15) is 13.2 Å². The van der Waals surface area contributed by atoms with Gasteiger partial charge in [0.15, 0.2) is 0 Å². The van der Waals surface area contributed by atoms with Gasteiger partial charge in [0, 0.05) is 0 Å². The maximum absolute atomic E-state index is 11.2. The molecule has 0 aliphatic heterocycles. The predicted molar refractivity (Wildman–Crippen MR) is 66.7 cm³/mol. The minimum absolute atomic E-state index is 0.412. The molecule has 100 valence electrons. The molecule has 1 unspecified atom stereocenters. The summed E-state index contributed by atoms with van der Waals surface area (Å²) in [6.45, 7) is 1.82. The third-order valence-corrected chi connectivity index (χ3v) is 2.95. The summed E-state index contributed by atoms with van der Waals surface area (Å²) in [4.78, 5) is 11.2. The normalized spacial score (nSPS) is 13.1. The van der Waals surface area contributed by atoms with Gasteiger partial charge in [-0.15, -0.1) is 0 Å². The molecule has 0 heterocycles. The zero-order chi connectivity index (χ0) is 13.8. The molecule has 0 amide bonds. The second-order valence-electron chi connectivity index (χ2n) is 3.81. The van der Waals surface area contributed by atoms with Gasteiger partial charge in [-0.2, -0.15) is 8.42 Å². The van der Waals surface area contributed by atoms with Gasteiger partial charge in [-0.1, -0.05) is 19.1 Å². The highest BCUT2D eigenvalue weighted by Gasteiger charge is 2.16. The van der Waals surface area contributed by atoms with Crippen LogP contribution < -0.4 is 0 Å². The van der Waals surface area contributed by atoms with Crippen molar-refractivity contribution in [2.75, 3.05) is 13.4 Å². The van der Waals surface area contributed by atoms with Gasteiger partial charge < -0.3 is 4.74 Å². The maximum atomic E-state index is 11.2. The van der Waals surface area contributed by atoms with E-state index in [1.165, 1.54) is 7.11 Å². The summed E-state index contributed by atoms with van der Waals surface area (Å²) in [7, 11) is -2.20. The van der Waals surface area contributed by atoms with Crippen LogP contribution >= 0.6 is 0 Å². The van der Waals surface area contributed by atoms with Gasteiger partial charge in [0.2, 0.25) is 0 Å². The number of methoxy groups -OCH3 is 1. The Kier molecular flexibility index (Phi) is 4.86. The van der Waals surface area contributed by atoms with Crippen molar-refractivity contribution in [1.82, 2.24) is 0 Å². The summed E-state index contributed by atoms with van der Waals surface area (Å²) >= 11 is 0. The fourth-order valence-corrected chi connectivity index (χ4v) is 2.19. The number of hydrogen-bond donors (Lipinski definition) is 0. The Morgan fingerprint density at radius 2 is 1.83 bits per heavy atom. The number of hydrogen-bond acceptors (Lipinski definition) is 5. The average Bonchev–Trinajstić information content (AvgIpc) is 2.34. The molecule has 6 heteroatoms. The topological polar surface area (TPSA) is 69.7 Å². The number of carbonyl (C=O) groups is 1. The molecule has 0 radical (unpaired) electrons. The van der Waals surface area contributed by atoms with E-state index in [-0.39, 0.29) is 0 Å². The zero-order valence-corrected chi connectivity index (χ0v) is 11.4. The van der Waals surface area contributed by atoms with Gasteiger partial charge in [-0.3, -0.25) is 4.18 Å². The van der Waals surface area contributed by atoms with E-state index in [4.69, 9.17) is 4.18 Å². The smallest absolute Gasteiger partial charge is 0.337 e. The fraction of sp³-hybridized carbons (Fsp3) is 0.417. The van der Waals surface area contributed by atoms with Crippen LogP contribution in [0.25, 0.3) is 0 Å². The van der Waals surface area contributed by atoms with Gasteiger partial charge >= 0.3 is 5.97 Å². The molecule has 5 nitrogen and oxygen atoms in total. The van der Waals surface area contributed by atoms with Crippen LogP contribution in [-0.4, -0.2) is 27.8 Å². The first-order valence-corrected chi connectivity index (χ1v) is 7.25. The van der Waals surface area contributed by atoms with Crippen molar-refractivity contribution in [3.8, 4) is 0 Å². The Morgan fingerprint density at radius 3 is 2.22 bits per heavy atom. The minimum Gasteiger partial charge on any atom is -0.465 e. The van der Waals surface area contributed by atoms with Crippen molar-refractivity contribution in [2.45, 2.75) is 19.4 Å². The first-order chi connectivity index (χ1) is 8.37. The number of rotatable bonds is 5. The van der Waals surface area contributed by atoms with Gasteiger partial charge in [0.25, 0.3) is 10.1 Å². The van der Waals surface area contributed by atoms with Gasteiger partial charge in [-0.25, -0.2) is 4.79 Å². The fourth-order valence-electron chi connectivity index (χ4n) is 1.52. The van der Waals surface area contributed by atoms with Crippen LogP contribution in [0.15, 0.2) is 24.3 Å². The van der Waals surface area contributed by atoms with E-state index in [1.807, 2.05) is 6.92 Å². The summed E-state index contributed by atoms with van der Waals surface area (Å²) in [5, 5.41) is 0. The van der Waals surface area contributed by atoms with Crippen LogP contribution in [-0.2, 0) is 19.0 Å². The number of ether oxygens (including phenoxy) is 1. The maximum Gasteiger partial charge on any atom is 0.337 e. The summed E-state index contributed by atoms with van der Waals surface area (Å²) in [6, 6.07) is 6.47. The molecule has 0 saturated carbocycles.